The monoisotopic (exact) mass is 233 g/mol. The standard InChI is InChI=1S/C12H24ClNO/c1-5-10(6-2)12(15)14-11(7-8-13)9(3)4/h9-11H,5-8H2,1-4H3,(H,14,15). The van der Waals surface area contributed by atoms with Crippen molar-refractivity contribution >= 4 is 17.5 Å². The molecular weight excluding hydrogens is 210 g/mol. The zero-order valence-corrected chi connectivity index (χ0v) is 11.1. The van der Waals surface area contributed by atoms with E-state index in [0.29, 0.717) is 11.8 Å². The van der Waals surface area contributed by atoms with Gasteiger partial charge in [-0.15, -0.1) is 11.6 Å². The van der Waals surface area contributed by atoms with Crippen LogP contribution in [0.1, 0.15) is 47.0 Å². The highest BCUT2D eigenvalue weighted by Crippen LogP contribution is 2.12. The van der Waals surface area contributed by atoms with Crippen molar-refractivity contribution in [1.82, 2.24) is 5.32 Å². The number of carbonyl (C=O) groups excluding carboxylic acids is 1. The highest BCUT2D eigenvalue weighted by Gasteiger charge is 2.20. The second-order valence-electron chi connectivity index (χ2n) is 4.35. The molecule has 3 heteroatoms. The van der Waals surface area contributed by atoms with Crippen molar-refractivity contribution in [3.8, 4) is 0 Å². The van der Waals surface area contributed by atoms with Crippen molar-refractivity contribution in [2.75, 3.05) is 5.88 Å². The minimum atomic E-state index is 0.154. The molecule has 0 fully saturated rings. The SMILES string of the molecule is CCC(CC)C(=O)NC(CCCl)C(C)C. The largest absolute Gasteiger partial charge is 0.353 e. The van der Waals surface area contributed by atoms with Crippen LogP contribution in [0.2, 0.25) is 0 Å². The van der Waals surface area contributed by atoms with E-state index in [-0.39, 0.29) is 17.9 Å². The molecule has 0 aliphatic rings. The first-order valence-corrected chi connectivity index (χ1v) is 6.46. The van der Waals surface area contributed by atoms with Crippen LogP contribution in [0.25, 0.3) is 0 Å². The van der Waals surface area contributed by atoms with Gasteiger partial charge in [0.1, 0.15) is 0 Å². The third kappa shape index (κ3) is 5.41. The summed E-state index contributed by atoms with van der Waals surface area (Å²) in [5, 5.41) is 3.10. The molecule has 0 aromatic rings. The van der Waals surface area contributed by atoms with Crippen LogP contribution in [0.4, 0.5) is 0 Å². The van der Waals surface area contributed by atoms with Gasteiger partial charge in [-0.25, -0.2) is 0 Å². The Hall–Kier alpha value is -0.240. The van der Waals surface area contributed by atoms with Crippen LogP contribution in [0.15, 0.2) is 0 Å². The third-order valence-electron chi connectivity index (χ3n) is 2.91. The number of alkyl halides is 1. The van der Waals surface area contributed by atoms with Gasteiger partial charge in [0, 0.05) is 17.8 Å². The molecule has 1 N–H and O–H groups in total. The molecule has 0 saturated heterocycles. The smallest absolute Gasteiger partial charge is 0.223 e. The minimum Gasteiger partial charge on any atom is -0.353 e. The lowest BCUT2D eigenvalue weighted by atomic mass is 9.98. The summed E-state index contributed by atoms with van der Waals surface area (Å²) in [6.45, 7) is 8.34. The van der Waals surface area contributed by atoms with Gasteiger partial charge in [0.05, 0.1) is 0 Å². The molecule has 0 heterocycles. The van der Waals surface area contributed by atoms with Crippen LogP contribution in [0.3, 0.4) is 0 Å². The second-order valence-corrected chi connectivity index (χ2v) is 4.73. The molecule has 15 heavy (non-hydrogen) atoms. The summed E-state index contributed by atoms with van der Waals surface area (Å²) in [6, 6.07) is 0.218. The van der Waals surface area contributed by atoms with Crippen LogP contribution in [-0.4, -0.2) is 17.8 Å². The van der Waals surface area contributed by atoms with Crippen molar-refractivity contribution in [2.24, 2.45) is 11.8 Å². The van der Waals surface area contributed by atoms with Crippen LogP contribution >= 0.6 is 11.6 Å². The van der Waals surface area contributed by atoms with E-state index in [2.05, 4.69) is 33.0 Å². The molecule has 0 aliphatic heterocycles. The topological polar surface area (TPSA) is 29.1 Å². The zero-order chi connectivity index (χ0) is 11.8. The maximum Gasteiger partial charge on any atom is 0.223 e. The quantitative estimate of drug-likeness (QED) is 0.673. The number of hydrogen-bond acceptors (Lipinski definition) is 1. The molecule has 0 radical (unpaired) electrons. The number of halogens is 1. The average molecular weight is 234 g/mol. The van der Waals surface area contributed by atoms with Crippen molar-refractivity contribution in [3.05, 3.63) is 0 Å². The van der Waals surface area contributed by atoms with Crippen LogP contribution in [-0.2, 0) is 4.79 Å². The summed E-state index contributed by atoms with van der Waals surface area (Å²) in [4.78, 5) is 11.8. The molecule has 0 rings (SSSR count). The maximum atomic E-state index is 11.8. The van der Waals surface area contributed by atoms with Gasteiger partial charge in [0.2, 0.25) is 5.91 Å². The average Bonchev–Trinajstić information content (AvgIpc) is 2.18. The molecule has 0 aromatic carbocycles. The Morgan fingerprint density at radius 1 is 1.27 bits per heavy atom. The summed E-state index contributed by atoms with van der Waals surface area (Å²) in [5.74, 6) is 1.39. The fourth-order valence-electron chi connectivity index (χ4n) is 1.65. The maximum absolute atomic E-state index is 11.8. The number of nitrogens with one attached hydrogen (secondary N) is 1. The van der Waals surface area contributed by atoms with E-state index in [0.717, 1.165) is 19.3 Å². The number of hydrogen-bond donors (Lipinski definition) is 1. The molecule has 1 atom stereocenters. The van der Waals surface area contributed by atoms with E-state index in [9.17, 15) is 4.79 Å². The van der Waals surface area contributed by atoms with E-state index in [4.69, 9.17) is 11.6 Å². The predicted octanol–water partition coefficient (Wildman–Crippen LogP) is 3.19. The van der Waals surface area contributed by atoms with Crippen molar-refractivity contribution in [2.45, 2.75) is 53.0 Å². The highest BCUT2D eigenvalue weighted by molar-refractivity contribution is 6.17. The van der Waals surface area contributed by atoms with E-state index < -0.39 is 0 Å². The normalized spacial score (nSPS) is 13.3. The number of carbonyl (C=O) groups is 1. The molecule has 1 unspecified atom stereocenters. The predicted molar refractivity (Wildman–Crippen MR) is 66.2 cm³/mol. The van der Waals surface area contributed by atoms with Gasteiger partial charge < -0.3 is 5.32 Å². The summed E-state index contributed by atoms with van der Waals surface area (Å²) < 4.78 is 0. The Kier molecular flexibility index (Phi) is 7.85. The van der Waals surface area contributed by atoms with Gasteiger partial charge in [-0.1, -0.05) is 27.7 Å². The second kappa shape index (κ2) is 7.98. The molecule has 0 bridgehead atoms. The van der Waals surface area contributed by atoms with E-state index in [1.807, 2.05) is 0 Å². The molecule has 1 amide bonds. The van der Waals surface area contributed by atoms with Gasteiger partial charge in [0.15, 0.2) is 0 Å². The van der Waals surface area contributed by atoms with E-state index >= 15 is 0 Å². The molecule has 90 valence electrons. The Morgan fingerprint density at radius 2 is 1.80 bits per heavy atom. The molecule has 0 aromatic heterocycles. The van der Waals surface area contributed by atoms with E-state index in [1.54, 1.807) is 0 Å². The van der Waals surface area contributed by atoms with Gasteiger partial charge in [-0.3, -0.25) is 4.79 Å². The molecule has 0 aliphatic carbocycles. The first-order chi connectivity index (χ1) is 7.06. The van der Waals surface area contributed by atoms with Gasteiger partial charge in [0.25, 0.3) is 0 Å². The first-order valence-electron chi connectivity index (χ1n) is 5.93. The summed E-state index contributed by atoms with van der Waals surface area (Å²) >= 11 is 5.72. The van der Waals surface area contributed by atoms with Crippen molar-refractivity contribution < 1.29 is 4.79 Å². The van der Waals surface area contributed by atoms with Crippen molar-refractivity contribution in [3.63, 3.8) is 0 Å². The summed E-state index contributed by atoms with van der Waals surface area (Å²) in [7, 11) is 0. The van der Waals surface area contributed by atoms with Crippen LogP contribution in [0.5, 0.6) is 0 Å². The molecule has 0 saturated carbocycles. The van der Waals surface area contributed by atoms with Crippen LogP contribution in [0, 0.1) is 11.8 Å². The highest BCUT2D eigenvalue weighted by atomic mass is 35.5. The molecular formula is C12H24ClNO. The third-order valence-corrected chi connectivity index (χ3v) is 3.13. The Balaban J connectivity index is 4.20. The summed E-state index contributed by atoms with van der Waals surface area (Å²) in [6.07, 6.45) is 2.67. The lowest BCUT2D eigenvalue weighted by Crippen LogP contribution is -2.41. The lowest BCUT2D eigenvalue weighted by Gasteiger charge is -2.24. The fraction of sp³-hybridized carbons (Fsp3) is 0.917. The van der Waals surface area contributed by atoms with Gasteiger partial charge in [-0.2, -0.15) is 0 Å². The van der Waals surface area contributed by atoms with Crippen LogP contribution < -0.4 is 5.32 Å². The first kappa shape index (κ1) is 14.8. The van der Waals surface area contributed by atoms with Gasteiger partial charge in [-0.05, 0) is 25.2 Å². The Morgan fingerprint density at radius 3 is 2.13 bits per heavy atom. The number of amides is 1. The number of rotatable bonds is 7. The lowest BCUT2D eigenvalue weighted by molar-refractivity contribution is -0.126. The molecule has 0 spiro atoms. The Bertz CT molecular complexity index is 178. The fourth-order valence-corrected chi connectivity index (χ4v) is 1.88. The minimum absolute atomic E-state index is 0.154. The van der Waals surface area contributed by atoms with E-state index in [1.165, 1.54) is 0 Å². The Labute approximate surface area is 98.8 Å². The zero-order valence-electron chi connectivity index (χ0n) is 10.3. The van der Waals surface area contributed by atoms with Crippen molar-refractivity contribution in [1.29, 1.82) is 0 Å². The summed E-state index contributed by atoms with van der Waals surface area (Å²) in [5.41, 5.74) is 0. The van der Waals surface area contributed by atoms with Gasteiger partial charge >= 0.3 is 0 Å². The molecule has 2 nitrogen and oxygen atoms in total.